The maximum absolute atomic E-state index is 12.3. The highest BCUT2D eigenvalue weighted by molar-refractivity contribution is 7.18. The van der Waals surface area contributed by atoms with E-state index in [1.54, 1.807) is 18.2 Å². The average Bonchev–Trinajstić information content (AvgIpc) is 3.21. The number of hydrogen-bond donors (Lipinski definition) is 0. The van der Waals surface area contributed by atoms with Crippen molar-refractivity contribution in [2.75, 3.05) is 0 Å². The number of thiazole rings is 1. The molecule has 1 heterocycles. The van der Waals surface area contributed by atoms with E-state index in [-0.39, 0.29) is 5.78 Å². The van der Waals surface area contributed by atoms with Crippen molar-refractivity contribution in [2.24, 2.45) is 5.92 Å². The Bertz CT molecular complexity index is 783. The molecule has 21 heavy (non-hydrogen) atoms. The maximum atomic E-state index is 12.3. The predicted molar refractivity (Wildman–Crippen MR) is 84.5 cm³/mol. The first-order chi connectivity index (χ1) is 10.1. The predicted octanol–water partition coefficient (Wildman–Crippen LogP) is 4.48. The van der Waals surface area contributed by atoms with E-state index >= 15 is 0 Å². The Morgan fingerprint density at radius 2 is 2.33 bits per heavy atom. The summed E-state index contributed by atoms with van der Waals surface area (Å²) in [5.41, 5.74) is 1.81. The van der Waals surface area contributed by atoms with Crippen LogP contribution in [0.3, 0.4) is 0 Å². The third kappa shape index (κ3) is 2.99. The van der Waals surface area contributed by atoms with Gasteiger partial charge in [0.1, 0.15) is 5.01 Å². The van der Waals surface area contributed by atoms with E-state index in [9.17, 15) is 10.1 Å². The summed E-state index contributed by atoms with van der Waals surface area (Å²) in [5, 5.41) is 10.5. The molecule has 1 fully saturated rings. The fourth-order valence-electron chi connectivity index (χ4n) is 2.25. The lowest BCUT2D eigenvalue weighted by atomic mass is 10.0. The van der Waals surface area contributed by atoms with Gasteiger partial charge in [-0.25, -0.2) is 4.98 Å². The number of benzene rings is 1. The van der Waals surface area contributed by atoms with Crippen molar-refractivity contribution in [3.8, 4) is 6.07 Å². The number of nitrogens with zero attached hydrogens (tertiary/aromatic N) is 2. The number of hydrogen-bond acceptors (Lipinski definition) is 4. The fraction of sp³-hybridized carbons (Fsp3) is 0.312. The molecule has 1 aromatic heterocycles. The fourth-order valence-corrected chi connectivity index (χ4v) is 3.41. The molecule has 0 saturated heterocycles. The van der Waals surface area contributed by atoms with Gasteiger partial charge >= 0.3 is 0 Å². The number of ketones is 1. The van der Waals surface area contributed by atoms with Gasteiger partial charge in [0.2, 0.25) is 0 Å². The van der Waals surface area contributed by atoms with E-state index in [0.717, 1.165) is 28.6 Å². The van der Waals surface area contributed by atoms with Gasteiger partial charge in [-0.1, -0.05) is 17.2 Å². The summed E-state index contributed by atoms with van der Waals surface area (Å²) in [6.07, 6.45) is 3.91. The molecule has 1 aliphatic carbocycles. The van der Waals surface area contributed by atoms with Crippen LogP contribution in [0.4, 0.5) is 0 Å². The Balaban J connectivity index is 1.92. The van der Waals surface area contributed by atoms with Crippen molar-refractivity contribution < 1.29 is 4.79 Å². The van der Waals surface area contributed by atoms with Gasteiger partial charge in [-0.2, -0.15) is 5.26 Å². The lowest BCUT2D eigenvalue weighted by Crippen LogP contribution is -2.08. The van der Waals surface area contributed by atoms with E-state index < -0.39 is 5.92 Å². The smallest absolute Gasteiger partial charge is 0.179 e. The van der Waals surface area contributed by atoms with Crippen LogP contribution in [0.1, 0.15) is 30.7 Å². The molecule has 1 saturated carbocycles. The molecule has 0 aliphatic heterocycles. The minimum Gasteiger partial charge on any atom is -0.293 e. The van der Waals surface area contributed by atoms with Gasteiger partial charge in [-0.3, -0.25) is 4.79 Å². The van der Waals surface area contributed by atoms with Crippen LogP contribution in [-0.2, 0) is 4.79 Å². The third-order valence-electron chi connectivity index (χ3n) is 3.62. The first-order valence-electron chi connectivity index (χ1n) is 6.76. The second kappa shape index (κ2) is 5.59. The largest absolute Gasteiger partial charge is 0.293 e. The highest BCUT2D eigenvalue weighted by atomic mass is 35.5. The minimum atomic E-state index is -0.824. The van der Waals surface area contributed by atoms with Gasteiger partial charge in [-0.05, 0) is 50.0 Å². The number of rotatable bonds is 4. The molecular weight excluding hydrogens is 304 g/mol. The molecular formula is C16H13ClN2OS. The van der Waals surface area contributed by atoms with E-state index in [2.05, 4.69) is 11.1 Å². The van der Waals surface area contributed by atoms with Crippen LogP contribution in [0.15, 0.2) is 29.8 Å². The monoisotopic (exact) mass is 316 g/mol. The topological polar surface area (TPSA) is 53.8 Å². The summed E-state index contributed by atoms with van der Waals surface area (Å²) >= 11 is 7.31. The van der Waals surface area contributed by atoms with Crippen LogP contribution in [-0.4, -0.2) is 10.8 Å². The number of carbonyl (C=O) groups excluding carboxylic acids is 1. The van der Waals surface area contributed by atoms with Gasteiger partial charge in [0.25, 0.3) is 0 Å². The van der Waals surface area contributed by atoms with Crippen LogP contribution in [0.2, 0.25) is 5.02 Å². The molecule has 1 aliphatic rings. The zero-order valence-electron chi connectivity index (χ0n) is 11.5. The molecule has 2 aromatic rings. The molecule has 5 heteroatoms. The van der Waals surface area contributed by atoms with Crippen molar-refractivity contribution in [3.63, 3.8) is 0 Å². The van der Waals surface area contributed by atoms with Crippen LogP contribution in [0, 0.1) is 17.2 Å². The Morgan fingerprint density at radius 3 is 3.00 bits per heavy atom. The molecule has 1 unspecified atom stereocenters. The third-order valence-corrected chi connectivity index (χ3v) is 4.95. The normalized spacial score (nSPS) is 16.7. The maximum Gasteiger partial charge on any atom is 0.179 e. The Morgan fingerprint density at radius 1 is 1.57 bits per heavy atom. The number of nitriles is 1. The molecule has 0 spiro atoms. The van der Waals surface area contributed by atoms with Crippen molar-refractivity contribution in [1.29, 1.82) is 5.26 Å². The Kier molecular flexibility index (Phi) is 3.79. The van der Waals surface area contributed by atoms with Gasteiger partial charge < -0.3 is 0 Å². The molecule has 3 nitrogen and oxygen atoms in total. The van der Waals surface area contributed by atoms with Crippen molar-refractivity contribution in [1.82, 2.24) is 4.98 Å². The second-order valence-corrected chi connectivity index (χ2v) is 6.79. The summed E-state index contributed by atoms with van der Waals surface area (Å²) in [6.45, 7) is 1.96. The molecule has 3 rings (SSSR count). The Hall–Kier alpha value is -1.70. The van der Waals surface area contributed by atoms with E-state index in [0.29, 0.717) is 15.9 Å². The summed E-state index contributed by atoms with van der Waals surface area (Å²) < 4.78 is 0.936. The van der Waals surface area contributed by atoms with Crippen LogP contribution >= 0.6 is 22.9 Å². The van der Waals surface area contributed by atoms with Crippen molar-refractivity contribution in [3.05, 3.63) is 39.9 Å². The average molecular weight is 317 g/mol. The SMILES string of the molecule is CC(=CC(=O)C(C#N)c1nc2cc(Cl)ccc2s1)C1CC1. The summed E-state index contributed by atoms with van der Waals surface area (Å²) in [6, 6.07) is 7.48. The number of fused-ring (bicyclic) bond motifs is 1. The van der Waals surface area contributed by atoms with Crippen LogP contribution in [0.25, 0.3) is 10.2 Å². The second-order valence-electron chi connectivity index (χ2n) is 5.29. The number of halogens is 1. The molecule has 0 N–H and O–H groups in total. The quantitative estimate of drug-likeness (QED) is 0.781. The lowest BCUT2D eigenvalue weighted by Gasteiger charge is -2.02. The first kappa shape index (κ1) is 14.2. The molecule has 1 aromatic carbocycles. The number of aromatic nitrogens is 1. The summed E-state index contributed by atoms with van der Waals surface area (Å²) in [4.78, 5) is 16.7. The van der Waals surface area contributed by atoms with Crippen LogP contribution < -0.4 is 0 Å². The molecule has 1 atom stereocenters. The Labute approximate surface area is 131 Å². The molecule has 106 valence electrons. The molecule has 0 radical (unpaired) electrons. The van der Waals surface area contributed by atoms with Gasteiger partial charge in [0.15, 0.2) is 11.7 Å². The standard InChI is InChI=1S/C16H13ClN2OS/c1-9(10-2-3-10)6-14(20)12(8-18)16-19-13-7-11(17)4-5-15(13)21-16/h4-7,10,12H,2-3H2,1H3. The highest BCUT2D eigenvalue weighted by Gasteiger charge is 2.27. The molecule has 0 amide bonds. The van der Waals surface area contributed by atoms with E-state index in [4.69, 9.17) is 11.6 Å². The lowest BCUT2D eigenvalue weighted by molar-refractivity contribution is -0.114. The van der Waals surface area contributed by atoms with Gasteiger partial charge in [0.05, 0.1) is 16.3 Å². The minimum absolute atomic E-state index is 0.174. The zero-order chi connectivity index (χ0) is 15.0. The van der Waals surface area contributed by atoms with E-state index in [1.165, 1.54) is 11.3 Å². The number of allylic oxidation sites excluding steroid dienone is 2. The van der Waals surface area contributed by atoms with Gasteiger partial charge in [-0.15, -0.1) is 11.3 Å². The van der Waals surface area contributed by atoms with E-state index in [1.807, 2.05) is 13.0 Å². The zero-order valence-corrected chi connectivity index (χ0v) is 13.0. The number of carbonyl (C=O) groups is 1. The molecule has 0 bridgehead atoms. The van der Waals surface area contributed by atoms with Gasteiger partial charge in [0, 0.05) is 5.02 Å². The summed E-state index contributed by atoms with van der Waals surface area (Å²) in [5.74, 6) is -0.468. The first-order valence-corrected chi connectivity index (χ1v) is 7.95. The van der Waals surface area contributed by atoms with Crippen molar-refractivity contribution >= 4 is 38.9 Å². The highest BCUT2D eigenvalue weighted by Crippen LogP contribution is 2.37. The van der Waals surface area contributed by atoms with Crippen molar-refractivity contribution in [2.45, 2.75) is 25.7 Å². The van der Waals surface area contributed by atoms with Crippen LogP contribution in [0.5, 0.6) is 0 Å². The summed E-state index contributed by atoms with van der Waals surface area (Å²) in [7, 11) is 0.